The van der Waals surface area contributed by atoms with Crippen molar-refractivity contribution in [1.29, 1.82) is 0 Å². The predicted octanol–water partition coefficient (Wildman–Crippen LogP) is 0.935. The summed E-state index contributed by atoms with van der Waals surface area (Å²) in [5.74, 6) is -0.218. The molecule has 0 aliphatic rings. The number of hydrogen-bond donors (Lipinski definition) is 0. The first kappa shape index (κ1) is 12.1. The number of carbonyl (C=O) groups excluding carboxylic acids is 2. The fraction of sp³-hybridized carbons (Fsp3) is 0.778. The quantitative estimate of drug-likeness (QED) is 0.440. The van der Waals surface area contributed by atoms with Crippen molar-refractivity contribution in [3.63, 3.8) is 0 Å². The maximum absolute atomic E-state index is 10.8. The lowest BCUT2D eigenvalue weighted by Gasteiger charge is -2.01. The molecule has 0 aliphatic heterocycles. The van der Waals surface area contributed by atoms with E-state index in [1.807, 2.05) is 0 Å². The van der Waals surface area contributed by atoms with Gasteiger partial charge in [0.15, 0.2) is 5.78 Å². The summed E-state index contributed by atoms with van der Waals surface area (Å²) < 4.78 is 9.67. The third-order valence-corrected chi connectivity index (χ3v) is 1.28. The second-order valence-electron chi connectivity index (χ2n) is 2.66. The van der Waals surface area contributed by atoms with Crippen molar-refractivity contribution in [3.05, 3.63) is 0 Å². The van der Waals surface area contributed by atoms with Gasteiger partial charge >= 0.3 is 5.97 Å². The minimum Gasteiger partial charge on any atom is -0.466 e. The molecule has 0 bridgehead atoms. The molecule has 0 saturated carbocycles. The Balaban J connectivity index is 3.16. The minimum atomic E-state index is -0.214. The van der Waals surface area contributed by atoms with Crippen LogP contribution in [0, 0.1) is 0 Å². The average molecular weight is 188 g/mol. The smallest absolute Gasteiger partial charge is 0.305 e. The molecule has 0 aromatic carbocycles. The monoisotopic (exact) mass is 188 g/mol. The highest BCUT2D eigenvalue weighted by Gasteiger charge is 2.00. The van der Waals surface area contributed by atoms with Crippen LogP contribution in [0.4, 0.5) is 0 Å². The number of ketones is 1. The van der Waals surface area contributed by atoms with Crippen LogP contribution in [-0.2, 0) is 19.1 Å². The molecule has 0 unspecified atom stereocenters. The molecule has 0 saturated heterocycles. The van der Waals surface area contributed by atoms with Crippen molar-refractivity contribution in [2.75, 3.05) is 19.8 Å². The Hall–Kier alpha value is -0.900. The van der Waals surface area contributed by atoms with E-state index in [9.17, 15) is 9.59 Å². The lowest BCUT2D eigenvalue weighted by molar-refractivity contribution is -0.143. The average Bonchev–Trinajstić information content (AvgIpc) is 2.03. The number of Topliss-reactive ketones (excluding diaryl/α,β-unsaturated/α-hetero) is 1. The number of esters is 1. The molecule has 0 heterocycles. The van der Waals surface area contributed by atoms with E-state index in [2.05, 4.69) is 0 Å². The zero-order valence-electron chi connectivity index (χ0n) is 8.17. The van der Waals surface area contributed by atoms with Gasteiger partial charge in [0.2, 0.25) is 0 Å². The third-order valence-electron chi connectivity index (χ3n) is 1.28. The Bertz CT molecular complexity index is 165. The molecular formula is C9H16O4. The summed E-state index contributed by atoms with van der Waals surface area (Å²) in [5, 5.41) is 0. The first-order valence-electron chi connectivity index (χ1n) is 4.39. The normalized spacial score (nSPS) is 9.69. The van der Waals surface area contributed by atoms with Crippen LogP contribution in [0.3, 0.4) is 0 Å². The zero-order chi connectivity index (χ0) is 10.1. The lowest BCUT2D eigenvalue weighted by atomic mass is 10.3. The van der Waals surface area contributed by atoms with Crippen LogP contribution in [0.15, 0.2) is 0 Å². The molecule has 0 atom stereocenters. The van der Waals surface area contributed by atoms with Crippen molar-refractivity contribution in [3.8, 4) is 0 Å². The summed E-state index contributed by atoms with van der Waals surface area (Å²) in [6.45, 7) is 4.20. The van der Waals surface area contributed by atoms with Gasteiger partial charge in [-0.3, -0.25) is 9.59 Å². The summed E-state index contributed by atoms with van der Waals surface area (Å²) in [4.78, 5) is 21.2. The highest BCUT2D eigenvalue weighted by molar-refractivity contribution is 5.76. The first-order valence-corrected chi connectivity index (χ1v) is 4.39. The van der Waals surface area contributed by atoms with Gasteiger partial charge in [-0.25, -0.2) is 0 Å². The second kappa shape index (κ2) is 7.73. The van der Waals surface area contributed by atoms with E-state index < -0.39 is 0 Å². The van der Waals surface area contributed by atoms with E-state index in [0.29, 0.717) is 26.1 Å². The van der Waals surface area contributed by atoms with Crippen LogP contribution in [0.2, 0.25) is 0 Å². The van der Waals surface area contributed by atoms with E-state index in [0.717, 1.165) is 0 Å². The Kier molecular flexibility index (Phi) is 7.20. The van der Waals surface area contributed by atoms with Crippen molar-refractivity contribution < 1.29 is 19.1 Å². The molecule has 0 spiro atoms. The van der Waals surface area contributed by atoms with Crippen molar-refractivity contribution >= 4 is 11.8 Å². The molecular weight excluding hydrogens is 172 g/mol. The number of carbonyl (C=O) groups is 2. The molecule has 4 nitrogen and oxygen atoms in total. The number of hydrogen-bond acceptors (Lipinski definition) is 4. The van der Waals surface area contributed by atoms with Crippen molar-refractivity contribution in [2.24, 2.45) is 0 Å². The summed E-state index contributed by atoms with van der Waals surface area (Å²) in [6, 6.07) is 0. The fourth-order valence-corrected chi connectivity index (χ4v) is 0.768. The van der Waals surface area contributed by atoms with Gasteiger partial charge in [-0.1, -0.05) is 0 Å². The van der Waals surface area contributed by atoms with Crippen molar-refractivity contribution in [2.45, 2.75) is 26.7 Å². The van der Waals surface area contributed by atoms with Gasteiger partial charge in [0.25, 0.3) is 0 Å². The minimum absolute atomic E-state index is 0.00358. The van der Waals surface area contributed by atoms with E-state index in [4.69, 9.17) is 9.47 Å². The van der Waals surface area contributed by atoms with Crippen molar-refractivity contribution in [1.82, 2.24) is 0 Å². The van der Waals surface area contributed by atoms with Gasteiger partial charge in [0.1, 0.15) is 6.61 Å². The standard InChI is InChI=1S/C9H16O4/c1-3-13-9(11)5-4-6-12-7-8(2)10/h3-7H2,1-2H3. The lowest BCUT2D eigenvalue weighted by Crippen LogP contribution is -2.08. The largest absolute Gasteiger partial charge is 0.466 e. The molecule has 0 aromatic heterocycles. The van der Waals surface area contributed by atoms with E-state index in [-0.39, 0.29) is 18.4 Å². The van der Waals surface area contributed by atoms with Gasteiger partial charge in [-0.15, -0.1) is 0 Å². The number of rotatable bonds is 7. The summed E-state index contributed by atoms with van der Waals surface area (Å²) in [5.41, 5.74) is 0. The number of ether oxygens (including phenoxy) is 2. The topological polar surface area (TPSA) is 52.6 Å². The summed E-state index contributed by atoms with van der Waals surface area (Å²) in [6.07, 6.45) is 0.956. The second-order valence-corrected chi connectivity index (χ2v) is 2.66. The van der Waals surface area contributed by atoms with Gasteiger partial charge in [-0.05, 0) is 20.3 Å². The molecule has 0 N–H and O–H groups in total. The molecule has 0 rings (SSSR count). The molecule has 0 amide bonds. The van der Waals surface area contributed by atoms with Crippen LogP contribution >= 0.6 is 0 Å². The maximum Gasteiger partial charge on any atom is 0.305 e. The highest BCUT2D eigenvalue weighted by atomic mass is 16.5. The Morgan fingerprint density at radius 3 is 2.54 bits per heavy atom. The van der Waals surface area contributed by atoms with Crippen LogP contribution in [0.5, 0.6) is 0 Å². The predicted molar refractivity (Wildman–Crippen MR) is 47.4 cm³/mol. The molecule has 4 heteroatoms. The Morgan fingerprint density at radius 2 is 2.00 bits per heavy atom. The van der Waals surface area contributed by atoms with E-state index in [1.165, 1.54) is 6.92 Å². The Morgan fingerprint density at radius 1 is 1.31 bits per heavy atom. The highest BCUT2D eigenvalue weighted by Crippen LogP contribution is 1.93. The molecule has 13 heavy (non-hydrogen) atoms. The van der Waals surface area contributed by atoms with Gasteiger partial charge < -0.3 is 9.47 Å². The molecule has 0 radical (unpaired) electrons. The Labute approximate surface area is 78.2 Å². The molecule has 76 valence electrons. The third kappa shape index (κ3) is 9.01. The van der Waals surface area contributed by atoms with Crippen LogP contribution in [0.1, 0.15) is 26.7 Å². The first-order chi connectivity index (χ1) is 6.16. The summed E-state index contributed by atoms with van der Waals surface area (Å²) in [7, 11) is 0. The fourth-order valence-electron chi connectivity index (χ4n) is 0.768. The molecule has 0 fully saturated rings. The van der Waals surface area contributed by atoms with Crippen LogP contribution < -0.4 is 0 Å². The van der Waals surface area contributed by atoms with E-state index in [1.54, 1.807) is 6.92 Å². The summed E-state index contributed by atoms with van der Waals surface area (Å²) >= 11 is 0. The van der Waals surface area contributed by atoms with Gasteiger partial charge in [0, 0.05) is 13.0 Å². The van der Waals surface area contributed by atoms with Crippen LogP contribution in [-0.4, -0.2) is 31.6 Å². The van der Waals surface area contributed by atoms with Gasteiger partial charge in [0.05, 0.1) is 6.61 Å². The zero-order valence-corrected chi connectivity index (χ0v) is 8.17. The maximum atomic E-state index is 10.8. The SMILES string of the molecule is CCOC(=O)CCCOCC(C)=O. The van der Waals surface area contributed by atoms with Crippen LogP contribution in [0.25, 0.3) is 0 Å². The molecule has 0 aromatic rings. The van der Waals surface area contributed by atoms with E-state index >= 15 is 0 Å². The molecule has 0 aliphatic carbocycles. The van der Waals surface area contributed by atoms with Gasteiger partial charge in [-0.2, -0.15) is 0 Å².